The maximum atomic E-state index is 12.0. The third-order valence-corrected chi connectivity index (χ3v) is 3.06. The van der Waals surface area contributed by atoms with Gasteiger partial charge < -0.3 is 9.73 Å². The van der Waals surface area contributed by atoms with Gasteiger partial charge in [-0.2, -0.15) is 0 Å². The van der Waals surface area contributed by atoms with Crippen molar-refractivity contribution >= 4 is 17.4 Å². The first-order valence-electron chi connectivity index (χ1n) is 6.11. The number of amides is 1. The highest BCUT2D eigenvalue weighted by atomic mass is 16.4. The van der Waals surface area contributed by atoms with Crippen LogP contribution in [0.2, 0.25) is 0 Å². The van der Waals surface area contributed by atoms with Crippen molar-refractivity contribution in [1.29, 1.82) is 0 Å². The Kier molecular flexibility index (Phi) is 2.87. The van der Waals surface area contributed by atoms with Gasteiger partial charge in [-0.05, 0) is 18.6 Å². The average molecular weight is 256 g/mol. The molecule has 1 aliphatic carbocycles. The summed E-state index contributed by atoms with van der Waals surface area (Å²) in [5.41, 5.74) is 1.13. The number of pyridine rings is 1. The fourth-order valence-electron chi connectivity index (χ4n) is 2.14. The summed E-state index contributed by atoms with van der Waals surface area (Å²) in [5, 5.41) is 2.68. The molecule has 3 rings (SSSR count). The smallest absolute Gasteiger partial charge is 0.291 e. The Morgan fingerprint density at radius 2 is 2.26 bits per heavy atom. The summed E-state index contributed by atoms with van der Waals surface area (Å²) in [6, 6.07) is 4.99. The molecule has 19 heavy (non-hydrogen) atoms. The zero-order chi connectivity index (χ0) is 13.2. The van der Waals surface area contributed by atoms with E-state index >= 15 is 0 Å². The lowest BCUT2D eigenvalue weighted by Gasteiger charge is -2.06. The van der Waals surface area contributed by atoms with E-state index in [0.29, 0.717) is 29.9 Å². The lowest BCUT2D eigenvalue weighted by Crippen LogP contribution is -2.11. The van der Waals surface area contributed by atoms with E-state index in [9.17, 15) is 9.59 Å². The normalized spacial score (nSPS) is 14.0. The second-order valence-electron chi connectivity index (χ2n) is 4.42. The van der Waals surface area contributed by atoms with Gasteiger partial charge in [0.15, 0.2) is 11.5 Å². The minimum absolute atomic E-state index is 0.0467. The van der Waals surface area contributed by atoms with E-state index in [4.69, 9.17) is 4.42 Å². The number of carbonyl (C=O) groups is 2. The molecule has 96 valence electrons. The number of hydrogen-bond donors (Lipinski definition) is 1. The van der Waals surface area contributed by atoms with Gasteiger partial charge in [0.05, 0.1) is 17.4 Å². The summed E-state index contributed by atoms with van der Waals surface area (Å²) in [4.78, 5) is 27.6. The summed E-state index contributed by atoms with van der Waals surface area (Å²) in [6.45, 7) is 0. The van der Waals surface area contributed by atoms with Crippen LogP contribution in [-0.4, -0.2) is 16.7 Å². The van der Waals surface area contributed by atoms with E-state index in [2.05, 4.69) is 10.3 Å². The fraction of sp³-hybridized carbons (Fsp3) is 0.214. The van der Waals surface area contributed by atoms with Crippen LogP contribution in [0.15, 0.2) is 35.0 Å². The third-order valence-electron chi connectivity index (χ3n) is 3.06. The standard InChI is InChI=1S/C14H12N2O3/c17-11-4-1-5-12-10(11)7-13(19-12)14(18)16-9-3-2-6-15-8-9/h2-3,6-8H,1,4-5H2,(H,16,18). The quantitative estimate of drug-likeness (QED) is 0.895. The van der Waals surface area contributed by atoms with Crippen molar-refractivity contribution in [1.82, 2.24) is 4.98 Å². The van der Waals surface area contributed by atoms with Gasteiger partial charge >= 0.3 is 0 Å². The molecule has 5 nitrogen and oxygen atoms in total. The number of hydrogen-bond acceptors (Lipinski definition) is 4. The number of furan rings is 1. The molecular formula is C14H12N2O3. The Labute approximate surface area is 109 Å². The van der Waals surface area contributed by atoms with Crippen LogP contribution >= 0.6 is 0 Å². The molecule has 0 atom stereocenters. The molecule has 0 saturated carbocycles. The monoisotopic (exact) mass is 256 g/mol. The molecule has 0 bridgehead atoms. The zero-order valence-corrected chi connectivity index (χ0v) is 10.2. The molecule has 0 saturated heterocycles. The van der Waals surface area contributed by atoms with Crippen LogP contribution in [0.3, 0.4) is 0 Å². The maximum absolute atomic E-state index is 12.0. The van der Waals surface area contributed by atoms with Crippen LogP contribution in [-0.2, 0) is 6.42 Å². The molecule has 1 N–H and O–H groups in total. The predicted molar refractivity (Wildman–Crippen MR) is 68.2 cm³/mol. The van der Waals surface area contributed by atoms with Crippen molar-refractivity contribution in [3.05, 3.63) is 47.7 Å². The van der Waals surface area contributed by atoms with Gasteiger partial charge in [-0.3, -0.25) is 14.6 Å². The van der Waals surface area contributed by atoms with Gasteiger partial charge in [0.1, 0.15) is 5.76 Å². The molecule has 2 heterocycles. The Morgan fingerprint density at radius 3 is 3.00 bits per heavy atom. The second-order valence-corrected chi connectivity index (χ2v) is 4.42. The summed E-state index contributed by atoms with van der Waals surface area (Å²) in [5.74, 6) is 0.470. The van der Waals surface area contributed by atoms with Crippen molar-refractivity contribution in [3.63, 3.8) is 0 Å². The van der Waals surface area contributed by atoms with Crippen LogP contribution in [0, 0.1) is 0 Å². The second kappa shape index (κ2) is 4.68. The molecule has 5 heteroatoms. The molecule has 0 radical (unpaired) electrons. The Balaban J connectivity index is 1.83. The number of nitrogens with zero attached hydrogens (tertiary/aromatic N) is 1. The van der Waals surface area contributed by atoms with Crippen LogP contribution in [0.25, 0.3) is 0 Å². The molecule has 2 aromatic heterocycles. The van der Waals surface area contributed by atoms with Crippen molar-refractivity contribution in [2.75, 3.05) is 5.32 Å². The molecule has 2 aromatic rings. The number of anilines is 1. The van der Waals surface area contributed by atoms with E-state index < -0.39 is 0 Å². The maximum Gasteiger partial charge on any atom is 0.291 e. The van der Waals surface area contributed by atoms with Gasteiger partial charge in [0.25, 0.3) is 5.91 Å². The third kappa shape index (κ3) is 2.27. The lowest BCUT2D eigenvalue weighted by molar-refractivity contribution is 0.0963. The van der Waals surface area contributed by atoms with Gasteiger partial charge in [-0.15, -0.1) is 0 Å². The van der Waals surface area contributed by atoms with Crippen LogP contribution in [0.1, 0.15) is 39.5 Å². The van der Waals surface area contributed by atoms with Crippen molar-refractivity contribution in [3.8, 4) is 0 Å². The van der Waals surface area contributed by atoms with E-state index in [0.717, 1.165) is 6.42 Å². The highest BCUT2D eigenvalue weighted by Gasteiger charge is 2.24. The number of ketones is 1. The van der Waals surface area contributed by atoms with Crippen molar-refractivity contribution in [2.45, 2.75) is 19.3 Å². The summed E-state index contributed by atoms with van der Waals surface area (Å²) < 4.78 is 5.46. The highest BCUT2D eigenvalue weighted by molar-refractivity contribution is 6.05. The highest BCUT2D eigenvalue weighted by Crippen LogP contribution is 2.25. The first kappa shape index (κ1) is 11.6. The average Bonchev–Trinajstić information content (AvgIpc) is 2.85. The van der Waals surface area contributed by atoms with Crippen LogP contribution in [0.4, 0.5) is 5.69 Å². The molecule has 0 aliphatic heterocycles. The van der Waals surface area contributed by atoms with E-state index in [1.807, 2.05) is 0 Å². The first-order valence-corrected chi connectivity index (χ1v) is 6.11. The number of fused-ring (bicyclic) bond motifs is 1. The topological polar surface area (TPSA) is 72.2 Å². The van der Waals surface area contributed by atoms with Crippen molar-refractivity contribution in [2.24, 2.45) is 0 Å². The molecular weight excluding hydrogens is 244 g/mol. The van der Waals surface area contributed by atoms with Crippen LogP contribution in [0.5, 0.6) is 0 Å². The largest absolute Gasteiger partial charge is 0.455 e. The number of aromatic nitrogens is 1. The number of nitrogens with one attached hydrogen (secondary N) is 1. The first-order chi connectivity index (χ1) is 9.24. The molecule has 0 spiro atoms. The molecule has 0 fully saturated rings. The zero-order valence-electron chi connectivity index (χ0n) is 10.2. The Morgan fingerprint density at radius 1 is 1.37 bits per heavy atom. The van der Waals surface area contributed by atoms with Gasteiger partial charge in [-0.25, -0.2) is 0 Å². The number of Topliss-reactive ketones (excluding diaryl/α,β-unsaturated/α-hetero) is 1. The summed E-state index contributed by atoms with van der Waals surface area (Å²) in [7, 11) is 0. The summed E-state index contributed by atoms with van der Waals surface area (Å²) >= 11 is 0. The lowest BCUT2D eigenvalue weighted by atomic mass is 9.97. The Bertz CT molecular complexity index is 631. The predicted octanol–water partition coefficient (Wildman–Crippen LogP) is 2.45. The minimum atomic E-state index is -0.366. The number of rotatable bonds is 2. The Hall–Kier alpha value is -2.43. The van der Waals surface area contributed by atoms with E-state index in [-0.39, 0.29) is 17.5 Å². The van der Waals surface area contributed by atoms with Crippen molar-refractivity contribution < 1.29 is 14.0 Å². The van der Waals surface area contributed by atoms with Gasteiger partial charge in [0.2, 0.25) is 0 Å². The molecule has 0 aromatic carbocycles. The molecule has 0 unspecified atom stereocenters. The number of aryl methyl sites for hydroxylation is 1. The van der Waals surface area contributed by atoms with E-state index in [1.165, 1.54) is 6.07 Å². The minimum Gasteiger partial charge on any atom is -0.455 e. The molecule has 1 aliphatic rings. The summed E-state index contributed by atoms with van der Waals surface area (Å²) in [6.07, 6.45) is 5.19. The SMILES string of the molecule is O=C(Nc1cccnc1)c1cc2c(o1)CCCC2=O. The van der Waals surface area contributed by atoms with E-state index in [1.54, 1.807) is 24.5 Å². The number of carbonyl (C=O) groups excluding carboxylic acids is 2. The fourth-order valence-corrected chi connectivity index (χ4v) is 2.14. The van der Waals surface area contributed by atoms with Gasteiger partial charge in [-0.1, -0.05) is 0 Å². The van der Waals surface area contributed by atoms with Gasteiger partial charge in [0, 0.05) is 25.1 Å². The van der Waals surface area contributed by atoms with Crippen LogP contribution < -0.4 is 5.32 Å². The molecule has 1 amide bonds.